The van der Waals surface area contributed by atoms with Gasteiger partial charge in [-0.3, -0.25) is 0 Å². The molecule has 0 saturated carbocycles. The van der Waals surface area contributed by atoms with E-state index in [4.69, 9.17) is 10.3 Å². The number of halogens is 2. The van der Waals surface area contributed by atoms with Gasteiger partial charge in [0.25, 0.3) is 5.89 Å². The minimum Gasteiger partial charge on any atom is -0.334 e. The van der Waals surface area contributed by atoms with Crippen LogP contribution in [-0.2, 0) is 5.54 Å². The highest BCUT2D eigenvalue weighted by atomic mass is 127. The van der Waals surface area contributed by atoms with Gasteiger partial charge in [-0.1, -0.05) is 5.16 Å². The first-order chi connectivity index (χ1) is 7.88. The summed E-state index contributed by atoms with van der Waals surface area (Å²) in [5, 5.41) is 3.90. The SMILES string of the molecule is CC(C)(N)c1noc(-c2cc(I)ccc2Br)n1. The molecule has 2 aromatic rings. The Kier molecular flexibility index (Phi) is 3.55. The Morgan fingerprint density at radius 3 is 2.71 bits per heavy atom. The zero-order chi connectivity index (χ0) is 12.6. The van der Waals surface area contributed by atoms with Gasteiger partial charge in [0.1, 0.15) is 0 Å². The average Bonchev–Trinajstić information content (AvgIpc) is 2.70. The average molecular weight is 408 g/mol. The monoisotopic (exact) mass is 407 g/mol. The second kappa shape index (κ2) is 4.66. The minimum atomic E-state index is -0.601. The lowest BCUT2D eigenvalue weighted by atomic mass is 10.1. The van der Waals surface area contributed by atoms with Crippen LogP contribution in [0.15, 0.2) is 27.2 Å². The van der Waals surface area contributed by atoms with Crippen molar-refractivity contribution in [2.24, 2.45) is 5.73 Å². The molecule has 0 radical (unpaired) electrons. The van der Waals surface area contributed by atoms with Crippen LogP contribution >= 0.6 is 38.5 Å². The maximum Gasteiger partial charge on any atom is 0.259 e. The van der Waals surface area contributed by atoms with E-state index in [1.165, 1.54) is 0 Å². The molecule has 0 aliphatic carbocycles. The molecule has 0 atom stereocenters. The van der Waals surface area contributed by atoms with E-state index < -0.39 is 5.54 Å². The maximum atomic E-state index is 5.92. The lowest BCUT2D eigenvalue weighted by Crippen LogP contribution is -2.30. The van der Waals surface area contributed by atoms with E-state index in [1.807, 2.05) is 32.0 Å². The van der Waals surface area contributed by atoms with Crippen molar-refractivity contribution in [3.05, 3.63) is 32.1 Å². The van der Waals surface area contributed by atoms with Gasteiger partial charge in [-0.15, -0.1) is 0 Å². The third kappa shape index (κ3) is 2.86. The summed E-state index contributed by atoms with van der Waals surface area (Å²) in [5.41, 5.74) is 6.19. The highest BCUT2D eigenvalue weighted by Crippen LogP contribution is 2.29. The molecular weight excluding hydrogens is 397 g/mol. The van der Waals surface area contributed by atoms with Gasteiger partial charge in [0.2, 0.25) is 0 Å². The summed E-state index contributed by atoms with van der Waals surface area (Å²) in [5.74, 6) is 0.974. The normalized spacial score (nSPS) is 11.8. The highest BCUT2D eigenvalue weighted by molar-refractivity contribution is 14.1. The Hall–Kier alpha value is -0.470. The molecule has 0 aliphatic heterocycles. The molecule has 0 fully saturated rings. The molecule has 1 aromatic carbocycles. The highest BCUT2D eigenvalue weighted by Gasteiger charge is 2.22. The zero-order valence-electron chi connectivity index (χ0n) is 9.37. The Labute approximate surface area is 121 Å². The summed E-state index contributed by atoms with van der Waals surface area (Å²) in [7, 11) is 0. The summed E-state index contributed by atoms with van der Waals surface area (Å²) >= 11 is 5.70. The smallest absolute Gasteiger partial charge is 0.259 e. The van der Waals surface area contributed by atoms with Crippen molar-refractivity contribution in [1.82, 2.24) is 10.1 Å². The van der Waals surface area contributed by atoms with Crippen LogP contribution in [0.25, 0.3) is 11.5 Å². The summed E-state index contributed by atoms with van der Waals surface area (Å²) in [6, 6.07) is 5.93. The van der Waals surface area contributed by atoms with E-state index in [-0.39, 0.29) is 0 Å². The first-order valence-electron chi connectivity index (χ1n) is 4.96. The summed E-state index contributed by atoms with van der Waals surface area (Å²) in [6.07, 6.45) is 0. The Morgan fingerprint density at radius 1 is 1.41 bits per heavy atom. The third-order valence-electron chi connectivity index (χ3n) is 2.16. The van der Waals surface area contributed by atoms with E-state index in [0.29, 0.717) is 11.7 Å². The number of nitrogens with two attached hydrogens (primary N) is 1. The number of aromatic nitrogens is 2. The minimum absolute atomic E-state index is 0.476. The molecule has 4 nitrogen and oxygen atoms in total. The fourth-order valence-corrected chi connectivity index (χ4v) is 2.16. The molecule has 0 spiro atoms. The topological polar surface area (TPSA) is 64.9 Å². The van der Waals surface area contributed by atoms with Crippen LogP contribution in [0.2, 0.25) is 0 Å². The van der Waals surface area contributed by atoms with Crippen LogP contribution in [0.5, 0.6) is 0 Å². The standard InChI is InChI=1S/C11H11BrIN3O/c1-11(2,14)10-15-9(17-16-10)7-5-6(13)3-4-8(7)12/h3-5H,14H2,1-2H3. The Balaban J connectivity index is 2.47. The first kappa shape index (κ1) is 13.0. The molecule has 1 aromatic heterocycles. The van der Waals surface area contributed by atoms with Crippen LogP contribution in [0, 0.1) is 3.57 Å². The van der Waals surface area contributed by atoms with Crippen molar-refractivity contribution < 1.29 is 4.52 Å². The van der Waals surface area contributed by atoms with Crippen LogP contribution in [0.1, 0.15) is 19.7 Å². The lowest BCUT2D eigenvalue weighted by Gasteiger charge is -2.11. The molecule has 0 unspecified atom stereocenters. The van der Waals surface area contributed by atoms with Gasteiger partial charge in [-0.2, -0.15) is 4.98 Å². The third-order valence-corrected chi connectivity index (χ3v) is 3.52. The van der Waals surface area contributed by atoms with E-state index in [1.54, 1.807) is 0 Å². The van der Waals surface area contributed by atoms with Crippen molar-refractivity contribution in [2.75, 3.05) is 0 Å². The van der Waals surface area contributed by atoms with Crippen molar-refractivity contribution >= 4 is 38.5 Å². The lowest BCUT2D eigenvalue weighted by molar-refractivity contribution is 0.397. The van der Waals surface area contributed by atoms with Crippen molar-refractivity contribution in [1.29, 1.82) is 0 Å². The van der Waals surface area contributed by atoms with E-state index in [9.17, 15) is 0 Å². The summed E-state index contributed by atoms with van der Waals surface area (Å²) in [6.45, 7) is 3.68. The quantitative estimate of drug-likeness (QED) is 0.775. The number of rotatable bonds is 2. The molecule has 0 saturated heterocycles. The second-order valence-electron chi connectivity index (χ2n) is 4.27. The number of hydrogen-bond acceptors (Lipinski definition) is 4. The molecule has 17 heavy (non-hydrogen) atoms. The second-order valence-corrected chi connectivity index (χ2v) is 6.37. The van der Waals surface area contributed by atoms with Crippen LogP contribution in [0.3, 0.4) is 0 Å². The van der Waals surface area contributed by atoms with Crippen LogP contribution in [-0.4, -0.2) is 10.1 Å². The van der Waals surface area contributed by atoms with Crippen LogP contribution in [0.4, 0.5) is 0 Å². The molecule has 0 amide bonds. The predicted molar refractivity (Wildman–Crippen MR) is 77.4 cm³/mol. The van der Waals surface area contributed by atoms with Crippen LogP contribution < -0.4 is 5.73 Å². The van der Waals surface area contributed by atoms with Gasteiger partial charge in [0, 0.05) is 8.04 Å². The molecule has 2 N–H and O–H groups in total. The largest absolute Gasteiger partial charge is 0.334 e. The Morgan fingerprint density at radius 2 is 2.12 bits per heavy atom. The molecular formula is C11H11BrIN3O. The van der Waals surface area contributed by atoms with Gasteiger partial charge < -0.3 is 10.3 Å². The van der Waals surface area contributed by atoms with Gasteiger partial charge in [0.15, 0.2) is 5.82 Å². The molecule has 6 heteroatoms. The van der Waals surface area contributed by atoms with Gasteiger partial charge >= 0.3 is 0 Å². The predicted octanol–water partition coefficient (Wildman–Crippen LogP) is 3.30. The molecule has 90 valence electrons. The van der Waals surface area contributed by atoms with Crippen molar-refractivity contribution in [2.45, 2.75) is 19.4 Å². The van der Waals surface area contributed by atoms with Gasteiger partial charge in [-0.05, 0) is 70.6 Å². The zero-order valence-corrected chi connectivity index (χ0v) is 13.1. The fourth-order valence-electron chi connectivity index (χ4n) is 1.26. The van der Waals surface area contributed by atoms with E-state index in [0.717, 1.165) is 13.6 Å². The van der Waals surface area contributed by atoms with Crippen molar-refractivity contribution in [3.63, 3.8) is 0 Å². The van der Waals surface area contributed by atoms with E-state index >= 15 is 0 Å². The molecule has 2 rings (SSSR count). The number of nitrogens with zero attached hydrogens (tertiary/aromatic N) is 2. The molecule has 0 bridgehead atoms. The summed E-state index contributed by atoms with van der Waals surface area (Å²) in [4.78, 5) is 4.32. The Bertz CT molecular complexity index is 548. The fraction of sp³-hybridized carbons (Fsp3) is 0.273. The van der Waals surface area contributed by atoms with Crippen molar-refractivity contribution in [3.8, 4) is 11.5 Å². The number of benzene rings is 1. The molecule has 1 heterocycles. The summed E-state index contributed by atoms with van der Waals surface area (Å²) < 4.78 is 7.26. The molecule has 0 aliphatic rings. The maximum absolute atomic E-state index is 5.92. The van der Waals surface area contributed by atoms with Gasteiger partial charge in [0.05, 0.1) is 11.1 Å². The van der Waals surface area contributed by atoms with Gasteiger partial charge in [-0.25, -0.2) is 0 Å². The number of hydrogen-bond donors (Lipinski definition) is 1. The van der Waals surface area contributed by atoms with E-state index in [2.05, 4.69) is 48.7 Å². The first-order valence-corrected chi connectivity index (χ1v) is 6.83.